The molecule has 0 bridgehead atoms. The molecule has 5 aromatic rings. The standard InChI is InChI=1S/C36H26O6/c1-21(37)23-3-7-25(8-4-23)27-11-15-29(16-12-27)31-19-33(35(39)40)34(36(41)42)20-32(31)30-17-13-28(14-18-30)26-9-5-24(6-10-26)22(2)38/h3-20H,1-2H3,(H,39,40)(H,41,42). The summed E-state index contributed by atoms with van der Waals surface area (Å²) in [6.45, 7) is 3.03. The normalized spacial score (nSPS) is 10.7. The van der Waals surface area contributed by atoms with E-state index >= 15 is 0 Å². The van der Waals surface area contributed by atoms with Gasteiger partial charge in [0.25, 0.3) is 0 Å². The highest BCUT2D eigenvalue weighted by Crippen LogP contribution is 2.37. The van der Waals surface area contributed by atoms with Crippen molar-refractivity contribution >= 4 is 23.5 Å². The van der Waals surface area contributed by atoms with Crippen molar-refractivity contribution in [2.24, 2.45) is 0 Å². The van der Waals surface area contributed by atoms with Crippen LogP contribution in [-0.2, 0) is 0 Å². The second kappa shape index (κ2) is 11.5. The van der Waals surface area contributed by atoms with Gasteiger partial charge in [-0.05, 0) is 70.5 Å². The van der Waals surface area contributed by atoms with Gasteiger partial charge in [-0.15, -0.1) is 0 Å². The van der Waals surface area contributed by atoms with Gasteiger partial charge in [0.05, 0.1) is 11.1 Å². The van der Waals surface area contributed by atoms with Gasteiger partial charge in [-0.25, -0.2) is 9.59 Å². The van der Waals surface area contributed by atoms with Crippen molar-refractivity contribution in [3.8, 4) is 44.5 Å². The minimum Gasteiger partial charge on any atom is -0.478 e. The van der Waals surface area contributed by atoms with Gasteiger partial charge in [0.1, 0.15) is 0 Å². The molecule has 0 atom stereocenters. The van der Waals surface area contributed by atoms with E-state index in [1.54, 1.807) is 24.3 Å². The molecule has 5 aromatic carbocycles. The van der Waals surface area contributed by atoms with E-state index in [1.165, 1.54) is 26.0 Å². The number of Topliss-reactive ketones (excluding diaryl/α,β-unsaturated/α-hetero) is 2. The zero-order valence-corrected chi connectivity index (χ0v) is 22.9. The van der Waals surface area contributed by atoms with E-state index in [0.29, 0.717) is 22.3 Å². The lowest BCUT2D eigenvalue weighted by molar-refractivity contribution is 0.0651. The number of carboxylic acids is 2. The van der Waals surface area contributed by atoms with E-state index in [0.717, 1.165) is 33.4 Å². The first-order valence-corrected chi connectivity index (χ1v) is 13.2. The van der Waals surface area contributed by atoms with Crippen LogP contribution in [0.3, 0.4) is 0 Å². The third-order valence-electron chi connectivity index (χ3n) is 7.26. The largest absolute Gasteiger partial charge is 0.478 e. The van der Waals surface area contributed by atoms with Crippen LogP contribution in [0.15, 0.2) is 109 Å². The monoisotopic (exact) mass is 554 g/mol. The number of ketones is 2. The zero-order chi connectivity index (χ0) is 30.0. The number of aromatic carboxylic acids is 2. The summed E-state index contributed by atoms with van der Waals surface area (Å²) < 4.78 is 0. The summed E-state index contributed by atoms with van der Waals surface area (Å²) >= 11 is 0. The molecule has 6 heteroatoms. The first-order chi connectivity index (χ1) is 20.1. The molecule has 0 saturated carbocycles. The van der Waals surface area contributed by atoms with Crippen molar-refractivity contribution in [3.05, 3.63) is 131 Å². The molecule has 0 unspecified atom stereocenters. The van der Waals surface area contributed by atoms with E-state index in [1.807, 2.05) is 72.8 Å². The lowest BCUT2D eigenvalue weighted by Crippen LogP contribution is -2.09. The molecule has 0 amide bonds. The van der Waals surface area contributed by atoms with E-state index in [-0.39, 0.29) is 22.7 Å². The molecule has 0 aliphatic rings. The summed E-state index contributed by atoms with van der Waals surface area (Å²) in [5.41, 5.74) is 6.92. The second-order valence-electron chi connectivity index (χ2n) is 9.98. The molecule has 206 valence electrons. The average Bonchev–Trinajstić information content (AvgIpc) is 3.00. The molecule has 0 heterocycles. The van der Waals surface area contributed by atoms with Gasteiger partial charge < -0.3 is 10.2 Å². The fourth-order valence-electron chi connectivity index (χ4n) is 4.91. The SMILES string of the molecule is CC(=O)c1ccc(-c2ccc(-c3cc(C(=O)O)c(C(=O)O)cc3-c3ccc(-c4ccc(C(C)=O)cc4)cc3)cc2)cc1. The van der Waals surface area contributed by atoms with Crippen molar-refractivity contribution < 1.29 is 29.4 Å². The molecular weight excluding hydrogens is 528 g/mol. The Morgan fingerprint density at radius 3 is 0.881 bits per heavy atom. The van der Waals surface area contributed by atoms with Gasteiger partial charge >= 0.3 is 11.9 Å². The molecule has 0 aromatic heterocycles. The number of benzene rings is 5. The molecule has 0 saturated heterocycles. The fourth-order valence-corrected chi connectivity index (χ4v) is 4.91. The minimum absolute atomic E-state index is 0.0117. The van der Waals surface area contributed by atoms with Crippen LogP contribution in [0, 0.1) is 0 Å². The van der Waals surface area contributed by atoms with Gasteiger partial charge in [-0.1, -0.05) is 97.1 Å². The van der Waals surface area contributed by atoms with Gasteiger partial charge in [-0.3, -0.25) is 9.59 Å². The van der Waals surface area contributed by atoms with Gasteiger partial charge in [0.2, 0.25) is 0 Å². The Morgan fingerprint density at radius 1 is 0.405 bits per heavy atom. The van der Waals surface area contributed by atoms with Gasteiger partial charge in [0.15, 0.2) is 11.6 Å². The van der Waals surface area contributed by atoms with Crippen LogP contribution in [0.5, 0.6) is 0 Å². The van der Waals surface area contributed by atoms with Crippen molar-refractivity contribution in [3.63, 3.8) is 0 Å². The predicted octanol–water partition coefficient (Wildman–Crippen LogP) is 8.16. The van der Waals surface area contributed by atoms with Crippen molar-refractivity contribution in [2.45, 2.75) is 13.8 Å². The summed E-state index contributed by atoms with van der Waals surface area (Å²) in [5.74, 6) is -2.68. The molecule has 6 nitrogen and oxygen atoms in total. The molecular formula is C36H26O6. The van der Waals surface area contributed by atoms with Crippen LogP contribution >= 0.6 is 0 Å². The molecule has 5 rings (SSSR count). The third-order valence-corrected chi connectivity index (χ3v) is 7.26. The summed E-state index contributed by atoms with van der Waals surface area (Å²) in [5, 5.41) is 19.6. The quantitative estimate of drug-likeness (QED) is 0.187. The lowest BCUT2D eigenvalue weighted by atomic mass is 9.88. The maximum Gasteiger partial charge on any atom is 0.336 e. The Balaban J connectivity index is 1.57. The smallest absolute Gasteiger partial charge is 0.336 e. The lowest BCUT2D eigenvalue weighted by Gasteiger charge is -2.15. The highest BCUT2D eigenvalue weighted by atomic mass is 16.4. The average molecular weight is 555 g/mol. The van der Waals surface area contributed by atoms with Gasteiger partial charge in [0, 0.05) is 11.1 Å². The molecule has 0 radical (unpaired) electrons. The topological polar surface area (TPSA) is 109 Å². The van der Waals surface area contributed by atoms with E-state index in [2.05, 4.69) is 0 Å². The van der Waals surface area contributed by atoms with Gasteiger partial charge in [-0.2, -0.15) is 0 Å². The molecule has 0 spiro atoms. The summed E-state index contributed by atoms with van der Waals surface area (Å²) in [6.07, 6.45) is 0. The first-order valence-electron chi connectivity index (χ1n) is 13.2. The summed E-state index contributed by atoms with van der Waals surface area (Å²) in [7, 11) is 0. The van der Waals surface area contributed by atoms with E-state index in [9.17, 15) is 29.4 Å². The highest BCUT2D eigenvalue weighted by molar-refractivity contribution is 6.05. The zero-order valence-electron chi connectivity index (χ0n) is 22.9. The van der Waals surface area contributed by atoms with E-state index in [4.69, 9.17) is 0 Å². The maximum absolute atomic E-state index is 12.0. The Morgan fingerprint density at radius 2 is 0.643 bits per heavy atom. The molecule has 42 heavy (non-hydrogen) atoms. The van der Waals surface area contributed by atoms with Crippen LogP contribution in [0.2, 0.25) is 0 Å². The number of carboxylic acid groups (broad SMARTS) is 2. The Hall–Kier alpha value is -5.62. The number of rotatable bonds is 8. The third kappa shape index (κ3) is 5.64. The number of carbonyl (C=O) groups is 4. The molecule has 0 fully saturated rings. The van der Waals surface area contributed by atoms with Crippen molar-refractivity contribution in [1.29, 1.82) is 0 Å². The maximum atomic E-state index is 12.0. The minimum atomic E-state index is -1.33. The molecule has 0 aliphatic carbocycles. The predicted molar refractivity (Wildman–Crippen MR) is 162 cm³/mol. The summed E-state index contributed by atoms with van der Waals surface area (Å²) in [4.78, 5) is 47.3. The van der Waals surface area contributed by atoms with E-state index < -0.39 is 11.9 Å². The van der Waals surface area contributed by atoms with Crippen LogP contribution in [0.1, 0.15) is 55.3 Å². The Labute approximate surface area is 242 Å². The Kier molecular flexibility index (Phi) is 7.63. The highest BCUT2D eigenvalue weighted by Gasteiger charge is 2.21. The number of hydrogen-bond acceptors (Lipinski definition) is 4. The van der Waals surface area contributed by atoms with Crippen LogP contribution < -0.4 is 0 Å². The number of hydrogen-bond donors (Lipinski definition) is 2. The van der Waals surface area contributed by atoms with Crippen LogP contribution in [-0.4, -0.2) is 33.7 Å². The molecule has 2 N–H and O–H groups in total. The summed E-state index contributed by atoms with van der Waals surface area (Å²) in [6, 6.07) is 32.5. The van der Waals surface area contributed by atoms with Crippen molar-refractivity contribution in [2.75, 3.05) is 0 Å². The van der Waals surface area contributed by atoms with Crippen LogP contribution in [0.25, 0.3) is 44.5 Å². The fraction of sp³-hybridized carbons (Fsp3) is 0.0556. The molecule has 0 aliphatic heterocycles. The Bertz CT molecular complexity index is 1690. The van der Waals surface area contributed by atoms with Crippen molar-refractivity contribution in [1.82, 2.24) is 0 Å². The second-order valence-corrected chi connectivity index (χ2v) is 9.98. The van der Waals surface area contributed by atoms with Crippen LogP contribution in [0.4, 0.5) is 0 Å². The first kappa shape index (κ1) is 27.9. The number of carbonyl (C=O) groups excluding carboxylic acids is 2.